The van der Waals surface area contributed by atoms with Gasteiger partial charge in [0.2, 0.25) is 0 Å². The molecule has 0 unspecified atom stereocenters. The second kappa shape index (κ2) is 10.1. The fourth-order valence-electron chi connectivity index (χ4n) is 3.35. The van der Waals surface area contributed by atoms with Gasteiger partial charge in [0, 0.05) is 5.69 Å². The molecule has 1 amide bonds. The monoisotopic (exact) mass is 466 g/mol. The fraction of sp³-hybridized carbons (Fsp3) is 0.269. The molecule has 0 bridgehead atoms. The van der Waals surface area contributed by atoms with Crippen LogP contribution in [0.2, 0.25) is 0 Å². The van der Waals surface area contributed by atoms with Crippen LogP contribution < -0.4 is 14.8 Å². The Labute approximate surface area is 196 Å². The lowest BCUT2D eigenvalue weighted by Crippen LogP contribution is -2.32. The molecule has 0 aromatic heterocycles. The Morgan fingerprint density at radius 2 is 1.58 bits per heavy atom. The highest BCUT2D eigenvalue weighted by atomic mass is 32.2. The predicted molar refractivity (Wildman–Crippen MR) is 132 cm³/mol. The maximum atomic E-state index is 12.8. The van der Waals surface area contributed by atoms with Crippen molar-refractivity contribution in [3.8, 4) is 5.75 Å². The summed E-state index contributed by atoms with van der Waals surface area (Å²) in [6.07, 6.45) is -0.174. The van der Waals surface area contributed by atoms with Crippen molar-refractivity contribution in [2.75, 3.05) is 10.0 Å². The van der Waals surface area contributed by atoms with Crippen molar-refractivity contribution in [3.63, 3.8) is 0 Å². The van der Waals surface area contributed by atoms with Gasteiger partial charge in [-0.3, -0.25) is 9.52 Å². The standard InChI is InChI=1S/C26H30N2O4S/c1-6-25(32-22-11-8-18(3)19(4)16-22)26(29)27-21-9-12-23(13-10-21)33(30,31)28-24-14-7-17(2)15-20(24)5/h7-16,25,28H,6H2,1-5H3,(H,27,29)/t25-/m1/s1. The molecular formula is C26H30N2O4S. The molecule has 1 atom stereocenters. The van der Waals surface area contributed by atoms with E-state index < -0.39 is 16.1 Å². The van der Waals surface area contributed by atoms with Crippen LogP contribution in [0.3, 0.4) is 0 Å². The number of rotatable bonds is 8. The highest BCUT2D eigenvalue weighted by Gasteiger charge is 2.20. The van der Waals surface area contributed by atoms with Gasteiger partial charge < -0.3 is 10.1 Å². The Morgan fingerprint density at radius 3 is 2.18 bits per heavy atom. The van der Waals surface area contributed by atoms with Crippen LogP contribution in [-0.4, -0.2) is 20.4 Å². The van der Waals surface area contributed by atoms with Gasteiger partial charge in [-0.05, 0) is 93.3 Å². The number of benzene rings is 3. The molecule has 0 aliphatic heterocycles. The third-order valence-corrected chi connectivity index (χ3v) is 6.86. The number of hydrogen-bond acceptors (Lipinski definition) is 4. The van der Waals surface area contributed by atoms with Gasteiger partial charge in [-0.25, -0.2) is 8.42 Å². The van der Waals surface area contributed by atoms with E-state index in [1.165, 1.54) is 12.1 Å². The van der Waals surface area contributed by atoms with Gasteiger partial charge in [-0.1, -0.05) is 30.7 Å². The van der Waals surface area contributed by atoms with Gasteiger partial charge in [0.25, 0.3) is 15.9 Å². The normalized spacial score (nSPS) is 12.2. The summed E-state index contributed by atoms with van der Waals surface area (Å²) in [5, 5.41) is 2.80. The molecule has 0 aliphatic carbocycles. The van der Waals surface area contributed by atoms with Gasteiger partial charge >= 0.3 is 0 Å². The minimum atomic E-state index is -3.75. The molecule has 3 rings (SSSR count). The van der Waals surface area contributed by atoms with Crippen LogP contribution in [0.5, 0.6) is 5.75 Å². The summed E-state index contributed by atoms with van der Waals surface area (Å²) in [6.45, 7) is 9.69. The summed E-state index contributed by atoms with van der Waals surface area (Å²) in [5.41, 5.74) is 5.18. The molecule has 0 spiro atoms. The summed E-state index contributed by atoms with van der Waals surface area (Å²) in [4.78, 5) is 12.8. The number of hydrogen-bond donors (Lipinski definition) is 2. The quantitative estimate of drug-likeness (QED) is 0.458. The van der Waals surface area contributed by atoms with Crippen LogP contribution in [0.4, 0.5) is 11.4 Å². The van der Waals surface area contributed by atoms with Crippen molar-refractivity contribution in [3.05, 3.63) is 82.9 Å². The first-order chi connectivity index (χ1) is 15.6. The van der Waals surface area contributed by atoms with Crippen molar-refractivity contribution in [2.45, 2.75) is 52.0 Å². The second-order valence-electron chi connectivity index (χ2n) is 8.20. The number of carbonyl (C=O) groups is 1. The number of carbonyl (C=O) groups excluding carboxylic acids is 1. The van der Waals surface area contributed by atoms with Crippen LogP contribution in [0.25, 0.3) is 0 Å². The highest BCUT2D eigenvalue weighted by Crippen LogP contribution is 2.23. The topological polar surface area (TPSA) is 84.5 Å². The molecule has 174 valence electrons. The number of nitrogens with one attached hydrogen (secondary N) is 2. The van der Waals surface area contributed by atoms with E-state index in [0.29, 0.717) is 23.5 Å². The maximum Gasteiger partial charge on any atom is 0.265 e. The lowest BCUT2D eigenvalue weighted by molar-refractivity contribution is -0.122. The van der Waals surface area contributed by atoms with Crippen molar-refractivity contribution >= 4 is 27.3 Å². The summed E-state index contributed by atoms with van der Waals surface area (Å²) < 4.78 is 34.0. The molecule has 0 saturated carbocycles. The van der Waals surface area contributed by atoms with E-state index in [0.717, 1.165) is 22.3 Å². The average molecular weight is 467 g/mol. The zero-order valence-electron chi connectivity index (χ0n) is 19.6. The predicted octanol–water partition coefficient (Wildman–Crippen LogP) is 5.52. The Kier molecular flexibility index (Phi) is 7.43. The lowest BCUT2D eigenvalue weighted by Gasteiger charge is -2.18. The smallest absolute Gasteiger partial charge is 0.265 e. The third kappa shape index (κ3) is 6.14. The van der Waals surface area contributed by atoms with Gasteiger partial charge in [0.15, 0.2) is 6.10 Å². The molecule has 2 N–H and O–H groups in total. The molecular weight excluding hydrogens is 436 g/mol. The van der Waals surface area contributed by atoms with E-state index in [9.17, 15) is 13.2 Å². The molecule has 3 aromatic rings. The number of anilines is 2. The van der Waals surface area contributed by atoms with Crippen molar-refractivity contribution < 1.29 is 17.9 Å². The lowest BCUT2D eigenvalue weighted by atomic mass is 10.1. The Morgan fingerprint density at radius 1 is 0.879 bits per heavy atom. The van der Waals surface area contributed by atoms with Crippen molar-refractivity contribution in [2.24, 2.45) is 0 Å². The first-order valence-corrected chi connectivity index (χ1v) is 12.3. The SMILES string of the molecule is CC[C@@H](Oc1ccc(C)c(C)c1)C(=O)Nc1ccc(S(=O)(=O)Nc2ccc(C)cc2C)cc1. The first-order valence-electron chi connectivity index (χ1n) is 10.8. The Balaban J connectivity index is 1.68. The summed E-state index contributed by atoms with van der Waals surface area (Å²) in [5.74, 6) is 0.346. The summed E-state index contributed by atoms with van der Waals surface area (Å²) in [7, 11) is -3.75. The Bertz CT molecular complexity index is 1250. The zero-order valence-corrected chi connectivity index (χ0v) is 20.4. The van der Waals surface area contributed by atoms with E-state index in [4.69, 9.17) is 4.74 Å². The number of aryl methyl sites for hydroxylation is 4. The summed E-state index contributed by atoms with van der Waals surface area (Å²) in [6, 6.07) is 17.3. The molecule has 0 radical (unpaired) electrons. The van der Waals surface area contributed by atoms with E-state index in [-0.39, 0.29) is 10.8 Å². The molecule has 6 nitrogen and oxygen atoms in total. The maximum absolute atomic E-state index is 12.8. The minimum absolute atomic E-state index is 0.110. The van der Waals surface area contributed by atoms with Crippen molar-refractivity contribution in [1.29, 1.82) is 0 Å². The molecule has 0 heterocycles. The molecule has 0 fully saturated rings. The van der Waals surface area contributed by atoms with E-state index in [1.54, 1.807) is 18.2 Å². The highest BCUT2D eigenvalue weighted by molar-refractivity contribution is 7.92. The van der Waals surface area contributed by atoms with E-state index in [2.05, 4.69) is 10.0 Å². The minimum Gasteiger partial charge on any atom is -0.481 e. The largest absolute Gasteiger partial charge is 0.481 e. The van der Waals surface area contributed by atoms with Gasteiger partial charge in [-0.2, -0.15) is 0 Å². The van der Waals surface area contributed by atoms with Crippen LogP contribution in [-0.2, 0) is 14.8 Å². The van der Waals surface area contributed by atoms with Gasteiger partial charge in [-0.15, -0.1) is 0 Å². The second-order valence-corrected chi connectivity index (χ2v) is 9.88. The van der Waals surface area contributed by atoms with Crippen LogP contribution >= 0.6 is 0 Å². The summed E-state index contributed by atoms with van der Waals surface area (Å²) >= 11 is 0. The number of ether oxygens (including phenoxy) is 1. The fourth-order valence-corrected chi connectivity index (χ4v) is 4.48. The average Bonchev–Trinajstić information content (AvgIpc) is 2.76. The van der Waals surface area contributed by atoms with Crippen LogP contribution in [0, 0.1) is 27.7 Å². The number of sulfonamides is 1. The molecule has 33 heavy (non-hydrogen) atoms. The third-order valence-electron chi connectivity index (χ3n) is 5.48. The van der Waals surface area contributed by atoms with E-state index in [1.807, 2.05) is 65.0 Å². The molecule has 0 aliphatic rings. The van der Waals surface area contributed by atoms with Crippen molar-refractivity contribution in [1.82, 2.24) is 0 Å². The molecule has 0 saturated heterocycles. The Hall–Kier alpha value is -3.32. The van der Waals surface area contributed by atoms with E-state index >= 15 is 0 Å². The first kappa shape index (κ1) is 24.3. The zero-order chi connectivity index (χ0) is 24.2. The number of amides is 1. The molecule has 3 aromatic carbocycles. The van der Waals surface area contributed by atoms with Crippen LogP contribution in [0.15, 0.2) is 65.6 Å². The van der Waals surface area contributed by atoms with Crippen LogP contribution in [0.1, 0.15) is 35.6 Å². The molecule has 7 heteroatoms. The van der Waals surface area contributed by atoms with Gasteiger partial charge in [0.05, 0.1) is 10.6 Å². The van der Waals surface area contributed by atoms with Gasteiger partial charge in [0.1, 0.15) is 5.75 Å².